The molecule has 6 fully saturated rings. The highest BCUT2D eigenvalue weighted by Crippen LogP contribution is 2.62. The number of ether oxygens (including phenoxy) is 2. The molecule has 0 N–H and O–H groups in total. The van der Waals surface area contributed by atoms with E-state index in [1.165, 1.54) is 64.5 Å². The first-order valence-electron chi connectivity index (χ1n) is 12.9. The second-order valence-electron chi connectivity index (χ2n) is 11.7. The van der Waals surface area contributed by atoms with E-state index in [-0.39, 0.29) is 23.6 Å². The van der Waals surface area contributed by atoms with Crippen LogP contribution in [0.25, 0.3) is 0 Å². The van der Waals surface area contributed by atoms with E-state index in [9.17, 15) is 4.79 Å². The minimum Gasteiger partial charge on any atom is -0.462 e. The van der Waals surface area contributed by atoms with Gasteiger partial charge < -0.3 is 9.47 Å². The van der Waals surface area contributed by atoms with E-state index in [0.717, 1.165) is 45.1 Å². The average Bonchev–Trinajstić information content (AvgIpc) is 3.46. The van der Waals surface area contributed by atoms with Gasteiger partial charge in [0.15, 0.2) is 0 Å². The maximum absolute atomic E-state index is 12.9. The molecule has 6 rings (SSSR count). The van der Waals surface area contributed by atoms with Crippen LogP contribution in [0.3, 0.4) is 0 Å². The predicted octanol–water partition coefficient (Wildman–Crippen LogP) is 3.46. The molecular formula is C25H40N2O3. The van der Waals surface area contributed by atoms with E-state index in [1.807, 2.05) is 0 Å². The highest BCUT2D eigenvalue weighted by molar-refractivity contribution is 5.75. The van der Waals surface area contributed by atoms with Gasteiger partial charge in [-0.2, -0.15) is 0 Å². The smallest absolute Gasteiger partial charge is 0.310 e. The third-order valence-electron chi connectivity index (χ3n) is 10.0. The highest BCUT2D eigenvalue weighted by Gasteiger charge is 2.65. The van der Waals surface area contributed by atoms with Crippen LogP contribution < -0.4 is 0 Å². The van der Waals surface area contributed by atoms with Crippen molar-refractivity contribution in [3.05, 3.63) is 0 Å². The van der Waals surface area contributed by atoms with Crippen LogP contribution in [0, 0.1) is 23.2 Å². The predicted molar refractivity (Wildman–Crippen MR) is 115 cm³/mol. The van der Waals surface area contributed by atoms with Crippen molar-refractivity contribution in [1.82, 2.24) is 9.80 Å². The van der Waals surface area contributed by atoms with Gasteiger partial charge in [-0.05, 0) is 56.3 Å². The van der Waals surface area contributed by atoms with Crippen LogP contribution in [0.2, 0.25) is 0 Å². The lowest BCUT2D eigenvalue weighted by molar-refractivity contribution is -0.147. The molecule has 30 heavy (non-hydrogen) atoms. The number of hydrogen-bond donors (Lipinski definition) is 0. The number of nitrogens with zero attached hydrogens (tertiary/aromatic N) is 2. The first kappa shape index (κ1) is 20.0. The summed E-state index contributed by atoms with van der Waals surface area (Å²) < 4.78 is 12.1. The lowest BCUT2D eigenvalue weighted by Gasteiger charge is -2.51. The van der Waals surface area contributed by atoms with E-state index in [2.05, 4.69) is 16.7 Å². The monoisotopic (exact) mass is 416 g/mol. The second-order valence-corrected chi connectivity index (χ2v) is 11.7. The minimum absolute atomic E-state index is 0.0820. The van der Waals surface area contributed by atoms with Crippen molar-refractivity contribution < 1.29 is 14.3 Å². The molecule has 0 aromatic carbocycles. The van der Waals surface area contributed by atoms with Gasteiger partial charge in [-0.25, -0.2) is 0 Å². The fourth-order valence-corrected chi connectivity index (χ4v) is 8.20. The first-order valence-corrected chi connectivity index (χ1v) is 12.9. The van der Waals surface area contributed by atoms with Crippen LogP contribution in [0.5, 0.6) is 0 Å². The summed E-state index contributed by atoms with van der Waals surface area (Å²) in [4.78, 5) is 18.2. The number of carbonyl (C=O) groups excluding carboxylic acids is 1. The largest absolute Gasteiger partial charge is 0.462 e. The Hall–Kier alpha value is -0.650. The minimum atomic E-state index is 0.0820. The topological polar surface area (TPSA) is 45.3 Å². The van der Waals surface area contributed by atoms with Crippen molar-refractivity contribution in [1.29, 1.82) is 0 Å². The Morgan fingerprint density at radius 3 is 2.53 bits per heavy atom. The molecule has 3 heterocycles. The van der Waals surface area contributed by atoms with Crippen molar-refractivity contribution in [2.24, 2.45) is 23.2 Å². The Kier molecular flexibility index (Phi) is 4.97. The number of esters is 1. The maximum atomic E-state index is 12.9. The summed E-state index contributed by atoms with van der Waals surface area (Å²) in [5.41, 5.74) is 0.455. The van der Waals surface area contributed by atoms with E-state index in [0.29, 0.717) is 17.3 Å². The molecule has 3 saturated heterocycles. The lowest BCUT2D eigenvalue weighted by atomic mass is 9.53. The normalized spacial score (nSPS) is 47.7. The fraction of sp³-hybridized carbons (Fsp3) is 0.960. The molecule has 0 radical (unpaired) electrons. The third kappa shape index (κ3) is 3.34. The zero-order valence-electron chi connectivity index (χ0n) is 18.8. The summed E-state index contributed by atoms with van der Waals surface area (Å²) in [6.07, 6.45) is 13.2. The van der Waals surface area contributed by atoms with Crippen LogP contribution >= 0.6 is 0 Å². The van der Waals surface area contributed by atoms with Crippen molar-refractivity contribution in [3.63, 3.8) is 0 Å². The maximum Gasteiger partial charge on any atom is 0.310 e. The van der Waals surface area contributed by atoms with E-state index in [4.69, 9.17) is 9.47 Å². The summed E-state index contributed by atoms with van der Waals surface area (Å²) in [6.45, 7) is 8.90. The van der Waals surface area contributed by atoms with Crippen LogP contribution in [-0.4, -0.2) is 72.8 Å². The molecule has 3 saturated carbocycles. The van der Waals surface area contributed by atoms with E-state index in [1.54, 1.807) is 0 Å². The first-order chi connectivity index (χ1) is 14.6. The average molecular weight is 417 g/mol. The number of rotatable bonds is 3. The number of piperazine rings is 1. The zero-order valence-corrected chi connectivity index (χ0v) is 18.8. The van der Waals surface area contributed by atoms with Gasteiger partial charge in [0, 0.05) is 44.7 Å². The van der Waals surface area contributed by atoms with E-state index >= 15 is 0 Å². The molecule has 6 aliphatic rings. The van der Waals surface area contributed by atoms with Crippen LogP contribution in [0.15, 0.2) is 0 Å². The molecule has 0 aromatic rings. The molecule has 0 bridgehead atoms. The molecule has 168 valence electrons. The lowest BCUT2D eigenvalue weighted by Crippen LogP contribution is -2.53. The van der Waals surface area contributed by atoms with Crippen LogP contribution in [0.1, 0.15) is 71.1 Å². The molecular weight excluding hydrogens is 376 g/mol. The molecule has 3 aliphatic heterocycles. The number of hydrogen-bond acceptors (Lipinski definition) is 5. The summed E-state index contributed by atoms with van der Waals surface area (Å²) in [5.74, 6) is 1.21. The SMILES string of the molecule is C[C@]12CCC[C@]3(CO3)[C@H]1C[C@H]1[C@@H](C2)OC(=O)[C@@H]1CN1CCN(C2CCCCC2)CC1. The molecule has 5 nitrogen and oxygen atoms in total. The zero-order chi connectivity index (χ0) is 20.3. The molecule has 5 heteroatoms. The standard InChI is InChI=1S/C25H40N2O3/c1-24-8-5-9-25(17-29-25)22(24)14-19-20(23(28)30-21(19)15-24)16-26-10-12-27(13-11-26)18-6-3-2-4-7-18/h18-22H,2-17H2,1H3/t19-,20-,21-,22+,24-,25+/m1/s1. The summed E-state index contributed by atoms with van der Waals surface area (Å²) in [5, 5.41) is 0. The summed E-state index contributed by atoms with van der Waals surface area (Å²) in [6, 6.07) is 0.818. The second kappa shape index (κ2) is 7.45. The van der Waals surface area contributed by atoms with Gasteiger partial charge in [-0.15, -0.1) is 0 Å². The van der Waals surface area contributed by atoms with Crippen LogP contribution in [-0.2, 0) is 14.3 Å². The molecule has 1 spiro atoms. The van der Waals surface area contributed by atoms with Gasteiger partial charge in [0.25, 0.3) is 0 Å². The fourth-order valence-electron chi connectivity index (χ4n) is 8.20. The Bertz CT molecular complexity index is 665. The van der Waals surface area contributed by atoms with Gasteiger partial charge in [-0.1, -0.05) is 26.2 Å². The number of epoxide rings is 1. The van der Waals surface area contributed by atoms with Crippen molar-refractivity contribution in [2.45, 2.75) is 88.9 Å². The molecule has 6 atom stereocenters. The van der Waals surface area contributed by atoms with Gasteiger partial charge >= 0.3 is 5.97 Å². The molecule has 0 unspecified atom stereocenters. The molecule has 0 amide bonds. The Labute approximate surface area is 181 Å². The van der Waals surface area contributed by atoms with Gasteiger partial charge in [0.2, 0.25) is 0 Å². The Morgan fingerprint density at radius 1 is 1.03 bits per heavy atom. The number of fused-ring (bicyclic) bond motifs is 3. The summed E-state index contributed by atoms with van der Waals surface area (Å²) in [7, 11) is 0. The third-order valence-corrected chi connectivity index (χ3v) is 10.0. The Morgan fingerprint density at radius 2 is 1.80 bits per heavy atom. The molecule has 3 aliphatic carbocycles. The quantitative estimate of drug-likeness (QED) is 0.521. The van der Waals surface area contributed by atoms with Crippen molar-refractivity contribution >= 4 is 5.97 Å². The van der Waals surface area contributed by atoms with Crippen molar-refractivity contribution in [2.75, 3.05) is 39.3 Å². The van der Waals surface area contributed by atoms with Gasteiger partial charge in [0.05, 0.1) is 18.1 Å². The van der Waals surface area contributed by atoms with E-state index < -0.39 is 0 Å². The van der Waals surface area contributed by atoms with Crippen molar-refractivity contribution in [3.8, 4) is 0 Å². The van der Waals surface area contributed by atoms with Crippen LogP contribution in [0.4, 0.5) is 0 Å². The highest BCUT2D eigenvalue weighted by atomic mass is 16.6. The van der Waals surface area contributed by atoms with Gasteiger partial charge in [0.1, 0.15) is 6.10 Å². The van der Waals surface area contributed by atoms with Gasteiger partial charge in [-0.3, -0.25) is 14.6 Å². The molecule has 0 aromatic heterocycles. The summed E-state index contributed by atoms with van der Waals surface area (Å²) >= 11 is 0. The number of carbonyl (C=O) groups is 1. The Balaban J connectivity index is 1.10.